The van der Waals surface area contributed by atoms with E-state index in [9.17, 15) is 12.8 Å². The van der Waals surface area contributed by atoms with Crippen molar-refractivity contribution >= 4 is 48.2 Å². The molecule has 3 heterocycles. The van der Waals surface area contributed by atoms with E-state index in [2.05, 4.69) is 36.2 Å². The smallest absolute Gasteiger partial charge is 0.197 e. The standard InChI is InChI=1S/C35H32BrFN4O5S/c1-2-32(44-17-18-47(42,43)33-9-3-4-15-38-33)35(14-6-16-46-35)25-10-12-30-28(20-25)34(40-23-39-30)41-27-11-13-31(29(36)21-27)45-22-24-7-5-8-26(37)19-24/h3-13,15-16,19-21,23,32H,2,14,17-18,22H2,1H3,(H,39,40,41). The van der Waals surface area contributed by atoms with Gasteiger partial charge in [0, 0.05) is 23.7 Å². The number of fused-ring (bicyclic) bond motifs is 1. The van der Waals surface area contributed by atoms with E-state index in [1.54, 1.807) is 30.5 Å². The zero-order valence-electron chi connectivity index (χ0n) is 25.5. The molecular weight excluding hydrogens is 687 g/mol. The van der Waals surface area contributed by atoms with Gasteiger partial charge < -0.3 is 19.5 Å². The molecule has 6 rings (SSSR count). The molecule has 0 amide bonds. The predicted octanol–water partition coefficient (Wildman–Crippen LogP) is 7.65. The molecule has 1 N–H and O–H groups in total. The van der Waals surface area contributed by atoms with E-state index in [0.29, 0.717) is 24.4 Å². The summed E-state index contributed by atoms with van der Waals surface area (Å²) in [5.41, 5.74) is 2.21. The summed E-state index contributed by atoms with van der Waals surface area (Å²) in [6.45, 7) is 2.20. The Morgan fingerprint density at radius 2 is 1.94 bits per heavy atom. The Morgan fingerprint density at radius 1 is 1.04 bits per heavy atom. The van der Waals surface area contributed by atoms with Crippen molar-refractivity contribution in [1.82, 2.24) is 15.0 Å². The summed E-state index contributed by atoms with van der Waals surface area (Å²) in [6.07, 6.45) is 7.26. The van der Waals surface area contributed by atoms with Gasteiger partial charge in [0.25, 0.3) is 0 Å². The van der Waals surface area contributed by atoms with Gasteiger partial charge in [0.15, 0.2) is 20.5 Å². The van der Waals surface area contributed by atoms with Crippen LogP contribution in [0.3, 0.4) is 0 Å². The molecule has 0 saturated heterocycles. The minimum Gasteiger partial charge on any atom is -0.488 e. The van der Waals surface area contributed by atoms with Crippen LogP contribution in [0.15, 0.2) is 113 Å². The molecular formula is C35H32BrFN4O5S. The summed E-state index contributed by atoms with van der Waals surface area (Å²) in [7, 11) is -3.60. The lowest BCUT2D eigenvalue weighted by atomic mass is 9.83. The number of anilines is 2. The van der Waals surface area contributed by atoms with E-state index < -0.39 is 21.5 Å². The summed E-state index contributed by atoms with van der Waals surface area (Å²) in [4.78, 5) is 13.0. The lowest BCUT2D eigenvalue weighted by molar-refractivity contribution is -0.107. The van der Waals surface area contributed by atoms with Gasteiger partial charge in [0.1, 0.15) is 36.4 Å². The van der Waals surface area contributed by atoms with Gasteiger partial charge in [-0.05, 0) is 94.2 Å². The van der Waals surface area contributed by atoms with Crippen molar-refractivity contribution in [2.24, 2.45) is 0 Å². The van der Waals surface area contributed by atoms with Crippen molar-refractivity contribution in [2.75, 3.05) is 17.7 Å². The Kier molecular flexibility index (Phi) is 9.81. The fraction of sp³-hybridized carbons (Fsp3) is 0.229. The number of benzene rings is 3. The zero-order valence-corrected chi connectivity index (χ0v) is 27.9. The summed E-state index contributed by atoms with van der Waals surface area (Å²) in [5.74, 6) is 0.694. The second-order valence-electron chi connectivity index (χ2n) is 11.0. The quantitative estimate of drug-likeness (QED) is 0.131. The zero-order chi connectivity index (χ0) is 32.9. The number of nitrogens with zero attached hydrogens (tertiary/aromatic N) is 3. The van der Waals surface area contributed by atoms with Gasteiger partial charge in [-0.1, -0.05) is 31.2 Å². The van der Waals surface area contributed by atoms with Gasteiger partial charge in [-0.2, -0.15) is 0 Å². The Balaban J connectivity index is 1.21. The number of hydrogen-bond donors (Lipinski definition) is 1. The average molecular weight is 720 g/mol. The van der Waals surface area contributed by atoms with Crippen LogP contribution in [0, 0.1) is 5.82 Å². The average Bonchev–Trinajstić information content (AvgIpc) is 3.58. The molecule has 242 valence electrons. The molecule has 2 aromatic heterocycles. The number of nitrogens with one attached hydrogen (secondary N) is 1. The third kappa shape index (κ3) is 7.29. The molecule has 9 nitrogen and oxygen atoms in total. The number of sulfone groups is 1. The molecule has 12 heteroatoms. The van der Waals surface area contributed by atoms with Crippen LogP contribution < -0.4 is 10.1 Å². The van der Waals surface area contributed by atoms with Gasteiger partial charge in [0.2, 0.25) is 0 Å². The Bertz CT molecular complexity index is 2000. The SMILES string of the molecule is CCC(OCCS(=O)(=O)c1ccccn1)C1(c2ccc3ncnc(Nc4ccc(OCc5cccc(F)c5)c(Br)c4)c3c2)CC=CO1. The number of rotatable bonds is 13. The molecule has 0 saturated carbocycles. The molecule has 2 atom stereocenters. The Morgan fingerprint density at radius 3 is 2.68 bits per heavy atom. The van der Waals surface area contributed by atoms with Crippen LogP contribution >= 0.6 is 15.9 Å². The topological polar surface area (TPSA) is 113 Å². The highest BCUT2D eigenvalue weighted by Gasteiger charge is 2.44. The fourth-order valence-corrected chi connectivity index (χ4v) is 7.10. The first-order valence-corrected chi connectivity index (χ1v) is 17.5. The van der Waals surface area contributed by atoms with Gasteiger partial charge in [-0.25, -0.2) is 27.8 Å². The van der Waals surface area contributed by atoms with Gasteiger partial charge in [-0.15, -0.1) is 0 Å². The van der Waals surface area contributed by atoms with Crippen molar-refractivity contribution in [1.29, 1.82) is 0 Å². The number of ether oxygens (including phenoxy) is 3. The molecule has 1 aliphatic heterocycles. The van der Waals surface area contributed by atoms with Gasteiger partial charge in [0.05, 0.1) is 28.6 Å². The minimum atomic E-state index is -3.60. The van der Waals surface area contributed by atoms with E-state index in [1.165, 1.54) is 30.7 Å². The Hall–Kier alpha value is -4.39. The first-order valence-electron chi connectivity index (χ1n) is 15.0. The monoisotopic (exact) mass is 718 g/mol. The minimum absolute atomic E-state index is 0.0111. The van der Waals surface area contributed by atoms with Crippen molar-refractivity contribution in [3.63, 3.8) is 0 Å². The largest absolute Gasteiger partial charge is 0.488 e. The molecule has 1 aliphatic rings. The Labute approximate surface area is 280 Å². The van der Waals surface area contributed by atoms with Crippen LogP contribution in [0.25, 0.3) is 10.9 Å². The van der Waals surface area contributed by atoms with Gasteiger partial charge >= 0.3 is 0 Å². The highest BCUT2D eigenvalue weighted by molar-refractivity contribution is 9.10. The molecule has 0 fully saturated rings. The third-order valence-corrected chi connectivity index (χ3v) is 10.1. The first kappa shape index (κ1) is 32.5. The normalized spacial score (nSPS) is 16.6. The summed E-state index contributed by atoms with van der Waals surface area (Å²) in [6, 6.07) is 22.5. The van der Waals surface area contributed by atoms with Crippen LogP contribution in [0.2, 0.25) is 0 Å². The molecule has 47 heavy (non-hydrogen) atoms. The highest BCUT2D eigenvalue weighted by Crippen LogP contribution is 2.42. The number of aromatic nitrogens is 3. The number of pyridine rings is 1. The lowest BCUT2D eigenvalue weighted by Crippen LogP contribution is -2.41. The predicted molar refractivity (Wildman–Crippen MR) is 181 cm³/mol. The van der Waals surface area contributed by atoms with E-state index in [1.807, 2.05) is 49.4 Å². The van der Waals surface area contributed by atoms with Crippen molar-refractivity contribution in [2.45, 2.75) is 43.1 Å². The number of hydrogen-bond acceptors (Lipinski definition) is 9. The molecule has 3 aromatic carbocycles. The van der Waals surface area contributed by atoms with Crippen LogP contribution in [0.5, 0.6) is 5.75 Å². The maximum Gasteiger partial charge on any atom is 0.197 e. The summed E-state index contributed by atoms with van der Waals surface area (Å²) in [5, 5.41) is 4.19. The summed E-state index contributed by atoms with van der Waals surface area (Å²) < 4.78 is 58.3. The molecule has 0 radical (unpaired) electrons. The van der Waals surface area contributed by atoms with Gasteiger partial charge in [-0.3, -0.25) is 0 Å². The lowest BCUT2D eigenvalue weighted by Gasteiger charge is -2.37. The van der Waals surface area contributed by atoms with E-state index in [-0.39, 0.29) is 29.8 Å². The maximum atomic E-state index is 13.6. The fourth-order valence-electron chi connectivity index (χ4n) is 5.58. The maximum absolute atomic E-state index is 13.6. The van der Waals surface area contributed by atoms with Crippen LogP contribution in [-0.4, -0.2) is 41.8 Å². The molecule has 0 spiro atoms. The molecule has 0 aliphatic carbocycles. The van der Waals surface area contributed by atoms with Crippen LogP contribution in [0.1, 0.15) is 30.9 Å². The molecule has 0 bridgehead atoms. The second-order valence-corrected chi connectivity index (χ2v) is 13.9. The van der Waals surface area contributed by atoms with E-state index in [4.69, 9.17) is 14.2 Å². The number of halogens is 2. The van der Waals surface area contributed by atoms with Crippen LogP contribution in [0.4, 0.5) is 15.9 Å². The molecule has 5 aromatic rings. The highest BCUT2D eigenvalue weighted by atomic mass is 79.9. The summed E-state index contributed by atoms with van der Waals surface area (Å²) >= 11 is 3.58. The third-order valence-electron chi connectivity index (χ3n) is 7.92. The second kappa shape index (κ2) is 14.2. The first-order chi connectivity index (χ1) is 22.8. The van der Waals surface area contributed by atoms with E-state index >= 15 is 0 Å². The van der Waals surface area contributed by atoms with Crippen molar-refractivity contribution < 1.29 is 27.0 Å². The van der Waals surface area contributed by atoms with Crippen molar-refractivity contribution in [3.05, 3.63) is 125 Å². The molecule has 2 unspecified atom stereocenters. The van der Waals surface area contributed by atoms with E-state index in [0.717, 1.165) is 32.2 Å². The van der Waals surface area contributed by atoms with Crippen LogP contribution in [-0.2, 0) is 31.5 Å². The van der Waals surface area contributed by atoms with Crippen molar-refractivity contribution in [3.8, 4) is 5.75 Å².